The van der Waals surface area contributed by atoms with Gasteiger partial charge in [0.25, 0.3) is 0 Å². The van der Waals surface area contributed by atoms with Crippen molar-refractivity contribution in [2.24, 2.45) is 0 Å². The van der Waals surface area contributed by atoms with Gasteiger partial charge < -0.3 is 5.32 Å². The number of anilines is 1. The van der Waals surface area contributed by atoms with E-state index in [9.17, 15) is 18.5 Å². The number of rotatable bonds is 8. The quantitative estimate of drug-likeness (QED) is 0.578. The third-order valence-electron chi connectivity index (χ3n) is 2.85. The van der Waals surface area contributed by atoms with E-state index in [2.05, 4.69) is 5.32 Å². The molecule has 0 aliphatic carbocycles. The van der Waals surface area contributed by atoms with Crippen molar-refractivity contribution in [1.82, 2.24) is 4.31 Å². The van der Waals surface area contributed by atoms with Gasteiger partial charge in [0.1, 0.15) is 5.69 Å². The molecule has 1 aromatic rings. The maximum atomic E-state index is 12.5. The molecule has 0 heterocycles. The number of hydrogen-bond donors (Lipinski definition) is 1. The summed E-state index contributed by atoms with van der Waals surface area (Å²) in [6, 6.07) is 4.27. The molecule has 0 saturated carbocycles. The van der Waals surface area contributed by atoms with Gasteiger partial charge in [0.15, 0.2) is 4.90 Å². The van der Waals surface area contributed by atoms with Gasteiger partial charge >= 0.3 is 5.69 Å². The number of nitrogens with zero attached hydrogens (tertiary/aromatic N) is 2. The van der Waals surface area contributed by atoms with Crippen molar-refractivity contribution in [3.63, 3.8) is 0 Å². The molecule has 0 saturated heterocycles. The molecule has 0 aliphatic rings. The zero-order valence-corrected chi connectivity index (χ0v) is 13.8. The third kappa shape index (κ3) is 4.08. The Morgan fingerprint density at radius 2 is 2.10 bits per heavy atom. The van der Waals surface area contributed by atoms with Crippen molar-refractivity contribution >= 4 is 33.2 Å². The van der Waals surface area contributed by atoms with Crippen LogP contribution >= 0.6 is 11.8 Å². The summed E-state index contributed by atoms with van der Waals surface area (Å²) in [6.45, 7) is 2.55. The Labute approximate surface area is 128 Å². The summed E-state index contributed by atoms with van der Waals surface area (Å²) in [4.78, 5) is 10.3. The second kappa shape index (κ2) is 7.62. The highest BCUT2D eigenvalue weighted by Gasteiger charge is 2.31. The maximum Gasteiger partial charge on any atom is 0.312 e. The summed E-state index contributed by atoms with van der Waals surface area (Å²) in [6.07, 6.45) is 1.87. The minimum absolute atomic E-state index is 0.210. The lowest BCUT2D eigenvalue weighted by molar-refractivity contribution is -0.386. The minimum Gasteiger partial charge on any atom is -0.380 e. The largest absolute Gasteiger partial charge is 0.380 e. The molecule has 0 unspecified atom stereocenters. The molecule has 0 aromatic heterocycles. The van der Waals surface area contributed by atoms with Crippen LogP contribution in [0.15, 0.2) is 23.1 Å². The predicted molar refractivity (Wildman–Crippen MR) is 85.5 cm³/mol. The Morgan fingerprint density at radius 1 is 1.43 bits per heavy atom. The lowest BCUT2D eigenvalue weighted by Crippen LogP contribution is -2.29. The maximum absolute atomic E-state index is 12.5. The van der Waals surface area contributed by atoms with Crippen molar-refractivity contribution in [3.05, 3.63) is 28.3 Å². The summed E-state index contributed by atoms with van der Waals surface area (Å²) in [5, 5.41) is 14.1. The molecule has 1 aromatic carbocycles. The van der Waals surface area contributed by atoms with Crippen LogP contribution in [0.25, 0.3) is 0 Å². The van der Waals surface area contributed by atoms with Crippen molar-refractivity contribution in [1.29, 1.82) is 0 Å². The van der Waals surface area contributed by atoms with E-state index in [-0.39, 0.29) is 10.6 Å². The molecule has 1 N–H and O–H groups in total. The molecule has 0 aliphatic heterocycles. The highest BCUT2D eigenvalue weighted by Crippen LogP contribution is 2.33. The highest BCUT2D eigenvalue weighted by atomic mass is 32.2. The van der Waals surface area contributed by atoms with E-state index >= 15 is 0 Å². The van der Waals surface area contributed by atoms with E-state index in [0.717, 1.165) is 4.31 Å². The summed E-state index contributed by atoms with van der Waals surface area (Å²) < 4.78 is 26.1. The highest BCUT2D eigenvalue weighted by molar-refractivity contribution is 7.98. The number of para-hydroxylation sites is 1. The van der Waals surface area contributed by atoms with E-state index in [1.54, 1.807) is 6.92 Å². The predicted octanol–water partition coefficient (Wildman–Crippen LogP) is 2.01. The summed E-state index contributed by atoms with van der Waals surface area (Å²) in [7, 11) is -2.46. The molecule has 0 fully saturated rings. The van der Waals surface area contributed by atoms with Gasteiger partial charge in [-0.25, -0.2) is 8.42 Å². The van der Waals surface area contributed by atoms with Gasteiger partial charge in [-0.05, 0) is 25.3 Å². The van der Waals surface area contributed by atoms with Gasteiger partial charge in [-0.15, -0.1) is 0 Å². The number of nitro groups is 1. The molecule has 0 radical (unpaired) electrons. The van der Waals surface area contributed by atoms with Crippen molar-refractivity contribution in [2.45, 2.75) is 11.8 Å². The Kier molecular flexibility index (Phi) is 6.43. The van der Waals surface area contributed by atoms with E-state index in [1.165, 1.54) is 37.0 Å². The van der Waals surface area contributed by atoms with Crippen molar-refractivity contribution in [2.75, 3.05) is 37.5 Å². The molecule has 7 nitrogen and oxygen atoms in total. The summed E-state index contributed by atoms with van der Waals surface area (Å²) >= 11 is 1.51. The van der Waals surface area contributed by atoms with Gasteiger partial charge in [0.05, 0.1) is 4.92 Å². The third-order valence-corrected chi connectivity index (χ3v) is 5.33. The number of thioether (sulfide) groups is 1. The summed E-state index contributed by atoms with van der Waals surface area (Å²) in [5.41, 5.74) is -0.197. The molecule has 118 valence electrons. The zero-order valence-electron chi connectivity index (χ0n) is 12.2. The molecule has 9 heteroatoms. The average molecular weight is 333 g/mol. The Balaban J connectivity index is 3.35. The topological polar surface area (TPSA) is 92.6 Å². The van der Waals surface area contributed by atoms with Crippen LogP contribution in [0.2, 0.25) is 0 Å². The van der Waals surface area contributed by atoms with Crippen LogP contribution in [-0.2, 0) is 10.0 Å². The lowest BCUT2D eigenvalue weighted by atomic mass is 10.2. The molecule has 1 rings (SSSR count). The van der Waals surface area contributed by atoms with E-state index in [1.807, 2.05) is 6.26 Å². The Hall–Kier alpha value is -1.32. The van der Waals surface area contributed by atoms with Crippen molar-refractivity contribution < 1.29 is 13.3 Å². The second-order valence-corrected chi connectivity index (χ2v) is 7.26. The number of sulfonamides is 1. The second-order valence-electron chi connectivity index (χ2n) is 4.26. The fourth-order valence-corrected chi connectivity index (χ4v) is 3.68. The fraction of sp³-hybridized carbons (Fsp3) is 0.500. The number of nitrogens with one attached hydrogen (secondary N) is 1. The van der Waals surface area contributed by atoms with Crippen LogP contribution in [-0.4, -0.2) is 49.8 Å². The van der Waals surface area contributed by atoms with E-state index < -0.39 is 20.6 Å². The first kappa shape index (κ1) is 17.7. The van der Waals surface area contributed by atoms with Gasteiger partial charge in [-0.3, -0.25) is 10.1 Å². The van der Waals surface area contributed by atoms with Gasteiger partial charge in [0.2, 0.25) is 10.0 Å². The first-order valence-corrected chi connectivity index (χ1v) is 9.16. The molecule has 0 atom stereocenters. The molecule has 0 amide bonds. The minimum atomic E-state index is -3.89. The molecule has 21 heavy (non-hydrogen) atoms. The molecular formula is C12H19N3O4S2. The van der Waals surface area contributed by atoms with E-state index in [4.69, 9.17) is 0 Å². The molecule has 0 bridgehead atoms. The number of hydrogen-bond acceptors (Lipinski definition) is 6. The number of benzene rings is 1. The van der Waals surface area contributed by atoms with Crippen LogP contribution in [0.1, 0.15) is 6.92 Å². The van der Waals surface area contributed by atoms with Crippen LogP contribution < -0.4 is 5.32 Å². The van der Waals surface area contributed by atoms with Crippen LogP contribution in [0.3, 0.4) is 0 Å². The van der Waals surface area contributed by atoms with Crippen LogP contribution in [0, 0.1) is 10.1 Å². The first-order valence-electron chi connectivity index (χ1n) is 6.32. The van der Waals surface area contributed by atoms with Crippen LogP contribution in [0.4, 0.5) is 11.4 Å². The first-order chi connectivity index (χ1) is 9.86. The SMILES string of the molecule is CCNc1cccc(S(=O)(=O)N(C)CCSC)c1[N+](=O)[O-]. The Bertz CT molecular complexity index is 605. The fourth-order valence-electron chi connectivity index (χ4n) is 1.76. The molecule has 0 spiro atoms. The van der Waals surface area contributed by atoms with Gasteiger partial charge in [-0.2, -0.15) is 16.1 Å². The monoisotopic (exact) mass is 333 g/mol. The average Bonchev–Trinajstić information content (AvgIpc) is 2.44. The molecular weight excluding hydrogens is 314 g/mol. The number of nitro benzene ring substituents is 1. The zero-order chi connectivity index (χ0) is 16.0. The standard InChI is InChI=1S/C12H19N3O4S2/c1-4-13-10-6-5-7-11(12(10)15(16)17)21(18,19)14(2)8-9-20-3/h5-7,13H,4,8-9H2,1-3H3. The lowest BCUT2D eigenvalue weighted by Gasteiger charge is -2.17. The van der Waals surface area contributed by atoms with Gasteiger partial charge in [0, 0.05) is 25.9 Å². The smallest absolute Gasteiger partial charge is 0.312 e. The van der Waals surface area contributed by atoms with Crippen LogP contribution in [0.5, 0.6) is 0 Å². The van der Waals surface area contributed by atoms with E-state index in [0.29, 0.717) is 18.8 Å². The van der Waals surface area contributed by atoms with Crippen molar-refractivity contribution in [3.8, 4) is 0 Å². The summed E-state index contributed by atoms with van der Waals surface area (Å²) in [5.74, 6) is 0.621. The van der Waals surface area contributed by atoms with Gasteiger partial charge in [-0.1, -0.05) is 6.07 Å². The normalized spacial score (nSPS) is 11.6. The Morgan fingerprint density at radius 3 is 2.62 bits per heavy atom.